The molecular formula is C28H38N4O4. The van der Waals surface area contributed by atoms with Gasteiger partial charge in [-0.05, 0) is 24.6 Å². The number of benzene rings is 2. The molecule has 0 radical (unpaired) electrons. The Kier molecular flexibility index (Phi) is 9.49. The van der Waals surface area contributed by atoms with Crippen LogP contribution in [0.15, 0.2) is 54.6 Å². The Morgan fingerprint density at radius 3 is 2.61 bits per heavy atom. The fourth-order valence-corrected chi connectivity index (χ4v) is 4.56. The van der Waals surface area contributed by atoms with Crippen LogP contribution in [0.5, 0.6) is 11.6 Å². The van der Waals surface area contributed by atoms with Crippen molar-refractivity contribution in [1.29, 1.82) is 0 Å². The zero-order valence-corrected chi connectivity index (χ0v) is 21.6. The maximum atomic E-state index is 11.0. The molecule has 8 nitrogen and oxygen atoms in total. The van der Waals surface area contributed by atoms with Crippen LogP contribution in [-0.2, 0) is 23.1 Å². The molecule has 0 saturated carbocycles. The Bertz CT molecular complexity index is 1080. The molecule has 0 spiro atoms. The summed E-state index contributed by atoms with van der Waals surface area (Å²) in [6.45, 7) is 8.16. The van der Waals surface area contributed by atoms with Crippen LogP contribution in [0.3, 0.4) is 0 Å². The molecule has 1 aliphatic heterocycles. The van der Waals surface area contributed by atoms with Gasteiger partial charge in [0.15, 0.2) is 0 Å². The lowest BCUT2D eigenvalue weighted by molar-refractivity contribution is 0.00434. The van der Waals surface area contributed by atoms with Gasteiger partial charge in [-0.25, -0.2) is 4.68 Å². The second kappa shape index (κ2) is 13.0. The minimum atomic E-state index is -0.488. The quantitative estimate of drug-likeness (QED) is 0.414. The van der Waals surface area contributed by atoms with E-state index >= 15 is 0 Å². The van der Waals surface area contributed by atoms with Gasteiger partial charge in [-0.1, -0.05) is 42.5 Å². The van der Waals surface area contributed by atoms with E-state index in [4.69, 9.17) is 19.3 Å². The number of aliphatic hydroxyl groups is 1. The number of ether oxygens (including phenoxy) is 3. The number of rotatable bonds is 12. The van der Waals surface area contributed by atoms with Crippen LogP contribution < -0.4 is 4.74 Å². The minimum Gasteiger partial charge on any atom is -0.439 e. The van der Waals surface area contributed by atoms with E-state index in [0.29, 0.717) is 38.7 Å². The average Bonchev–Trinajstić information content (AvgIpc) is 3.18. The standard InChI is InChI=1S/C28H38N4O4/c1-22-8-7-11-25(18-22)36-28-26(27(29-30(28)2)23-9-5-4-6-10-23)21-32(12-15-34-3)20-24(33)19-31-13-16-35-17-14-31/h4-11,18,24,33H,12-17,19-21H2,1-3H3. The van der Waals surface area contributed by atoms with E-state index in [2.05, 4.69) is 34.9 Å². The first kappa shape index (κ1) is 26.3. The predicted molar refractivity (Wildman–Crippen MR) is 140 cm³/mol. The summed E-state index contributed by atoms with van der Waals surface area (Å²) in [5, 5.41) is 15.8. The number of β-amino-alcohol motifs (C(OH)–C–C–N with tert-alkyl or cyclic N) is 1. The number of hydrogen-bond acceptors (Lipinski definition) is 7. The third-order valence-corrected chi connectivity index (χ3v) is 6.37. The zero-order valence-electron chi connectivity index (χ0n) is 21.6. The maximum Gasteiger partial charge on any atom is 0.222 e. The van der Waals surface area contributed by atoms with E-state index < -0.39 is 6.10 Å². The molecule has 1 aliphatic rings. The van der Waals surface area contributed by atoms with E-state index in [1.165, 1.54) is 0 Å². The summed E-state index contributed by atoms with van der Waals surface area (Å²) in [5.41, 5.74) is 4.03. The molecule has 1 unspecified atom stereocenters. The van der Waals surface area contributed by atoms with Gasteiger partial charge in [-0.15, -0.1) is 0 Å². The maximum absolute atomic E-state index is 11.0. The molecule has 1 N–H and O–H groups in total. The Hall–Kier alpha value is -2.75. The summed E-state index contributed by atoms with van der Waals surface area (Å²) in [6.07, 6.45) is -0.488. The topological polar surface area (TPSA) is 72.2 Å². The molecule has 1 aromatic heterocycles. The van der Waals surface area contributed by atoms with Crippen LogP contribution in [-0.4, -0.2) is 90.4 Å². The van der Waals surface area contributed by atoms with Crippen molar-refractivity contribution in [1.82, 2.24) is 19.6 Å². The number of aryl methyl sites for hydroxylation is 2. The summed E-state index contributed by atoms with van der Waals surface area (Å²) < 4.78 is 19.1. The highest BCUT2D eigenvalue weighted by Crippen LogP contribution is 2.34. The Morgan fingerprint density at radius 1 is 1.11 bits per heavy atom. The van der Waals surface area contributed by atoms with E-state index in [1.807, 2.05) is 43.4 Å². The molecular weight excluding hydrogens is 456 g/mol. The molecule has 2 aromatic carbocycles. The SMILES string of the molecule is COCCN(Cc1c(-c2ccccc2)nn(C)c1Oc1cccc(C)c1)CC(O)CN1CCOCC1. The van der Waals surface area contributed by atoms with Crippen molar-refractivity contribution in [3.63, 3.8) is 0 Å². The molecule has 1 atom stereocenters. The minimum absolute atomic E-state index is 0.488. The lowest BCUT2D eigenvalue weighted by Gasteiger charge is -2.31. The van der Waals surface area contributed by atoms with Crippen LogP contribution in [0, 0.1) is 6.92 Å². The number of methoxy groups -OCH3 is 1. The Labute approximate surface area is 214 Å². The summed E-state index contributed by atoms with van der Waals surface area (Å²) in [6, 6.07) is 18.2. The summed E-state index contributed by atoms with van der Waals surface area (Å²) in [4.78, 5) is 4.48. The lowest BCUT2D eigenvalue weighted by atomic mass is 10.1. The highest BCUT2D eigenvalue weighted by atomic mass is 16.5. The first-order chi connectivity index (χ1) is 17.5. The van der Waals surface area contributed by atoms with Gasteiger partial charge in [0.2, 0.25) is 5.88 Å². The van der Waals surface area contributed by atoms with E-state index in [1.54, 1.807) is 11.8 Å². The van der Waals surface area contributed by atoms with Crippen LogP contribution in [0.2, 0.25) is 0 Å². The van der Waals surface area contributed by atoms with Crippen LogP contribution >= 0.6 is 0 Å². The summed E-state index contributed by atoms with van der Waals surface area (Å²) in [7, 11) is 3.61. The van der Waals surface area contributed by atoms with Crippen molar-refractivity contribution in [3.8, 4) is 22.9 Å². The van der Waals surface area contributed by atoms with Crippen molar-refractivity contribution in [2.24, 2.45) is 7.05 Å². The number of aliphatic hydroxyl groups excluding tert-OH is 1. The first-order valence-electron chi connectivity index (χ1n) is 12.6. The third kappa shape index (κ3) is 7.15. The number of morpholine rings is 1. The fourth-order valence-electron chi connectivity index (χ4n) is 4.56. The highest BCUT2D eigenvalue weighted by molar-refractivity contribution is 5.65. The summed E-state index contributed by atoms with van der Waals surface area (Å²) in [5.74, 6) is 1.47. The smallest absolute Gasteiger partial charge is 0.222 e. The first-order valence-corrected chi connectivity index (χ1v) is 12.6. The number of hydrogen-bond donors (Lipinski definition) is 1. The van der Waals surface area contributed by atoms with Gasteiger partial charge in [0.25, 0.3) is 0 Å². The second-order valence-electron chi connectivity index (χ2n) is 9.34. The summed E-state index contributed by atoms with van der Waals surface area (Å²) >= 11 is 0. The molecule has 1 fully saturated rings. The Morgan fingerprint density at radius 2 is 1.89 bits per heavy atom. The molecule has 8 heteroatoms. The van der Waals surface area contributed by atoms with Crippen molar-refractivity contribution in [3.05, 3.63) is 65.7 Å². The molecule has 3 aromatic rings. The van der Waals surface area contributed by atoms with Gasteiger partial charge < -0.3 is 19.3 Å². The predicted octanol–water partition coefficient (Wildman–Crippen LogP) is 3.33. The number of nitrogens with zero attached hydrogens (tertiary/aromatic N) is 4. The van der Waals surface area contributed by atoms with Crippen LogP contribution in [0.4, 0.5) is 0 Å². The second-order valence-corrected chi connectivity index (χ2v) is 9.34. The largest absolute Gasteiger partial charge is 0.439 e. The van der Waals surface area contributed by atoms with Crippen molar-refractivity contribution in [2.45, 2.75) is 19.6 Å². The van der Waals surface area contributed by atoms with Gasteiger partial charge in [-0.3, -0.25) is 9.80 Å². The van der Waals surface area contributed by atoms with Crippen molar-refractivity contribution in [2.75, 3.05) is 59.7 Å². The molecule has 194 valence electrons. The van der Waals surface area contributed by atoms with Gasteiger partial charge >= 0.3 is 0 Å². The molecule has 0 aliphatic carbocycles. The van der Waals surface area contributed by atoms with E-state index in [9.17, 15) is 5.11 Å². The monoisotopic (exact) mass is 494 g/mol. The third-order valence-electron chi connectivity index (χ3n) is 6.37. The molecule has 2 heterocycles. The lowest BCUT2D eigenvalue weighted by Crippen LogP contribution is -2.45. The van der Waals surface area contributed by atoms with Gasteiger partial charge in [0.05, 0.1) is 31.5 Å². The van der Waals surface area contributed by atoms with E-state index in [-0.39, 0.29) is 0 Å². The van der Waals surface area contributed by atoms with Crippen molar-refractivity contribution < 1.29 is 19.3 Å². The molecule has 1 saturated heterocycles. The number of aromatic nitrogens is 2. The Balaban J connectivity index is 1.61. The molecule has 0 amide bonds. The van der Waals surface area contributed by atoms with Crippen LogP contribution in [0.25, 0.3) is 11.3 Å². The van der Waals surface area contributed by atoms with Gasteiger partial charge in [0.1, 0.15) is 11.4 Å². The van der Waals surface area contributed by atoms with Gasteiger partial charge in [-0.2, -0.15) is 5.10 Å². The highest BCUT2D eigenvalue weighted by Gasteiger charge is 2.24. The molecule has 4 rings (SSSR count). The molecule has 36 heavy (non-hydrogen) atoms. The fraction of sp³-hybridized carbons (Fsp3) is 0.464. The normalized spacial score (nSPS) is 15.4. The molecule has 0 bridgehead atoms. The van der Waals surface area contributed by atoms with Crippen molar-refractivity contribution >= 4 is 0 Å². The average molecular weight is 495 g/mol. The van der Waals surface area contributed by atoms with E-state index in [0.717, 1.165) is 54.4 Å². The van der Waals surface area contributed by atoms with Gasteiger partial charge in [0, 0.05) is 59.0 Å². The van der Waals surface area contributed by atoms with Crippen LogP contribution in [0.1, 0.15) is 11.1 Å². The zero-order chi connectivity index (χ0) is 25.3.